The standard InChI is InChI=1S/C15H14Cl2FN/c1-2-19-9-11-4-3-10(7-14(11)16)13-6-5-12(18)8-15(13)17/h3-8,19H,2,9H2,1H3. The molecule has 0 heterocycles. The zero-order valence-corrected chi connectivity index (χ0v) is 12.0. The molecule has 0 fully saturated rings. The Morgan fingerprint density at radius 2 is 1.84 bits per heavy atom. The Morgan fingerprint density at radius 1 is 1.05 bits per heavy atom. The van der Waals surface area contributed by atoms with E-state index in [1.807, 2.05) is 25.1 Å². The van der Waals surface area contributed by atoms with Crippen LogP contribution in [0.4, 0.5) is 4.39 Å². The van der Waals surface area contributed by atoms with Gasteiger partial charge in [-0.1, -0.05) is 42.3 Å². The van der Waals surface area contributed by atoms with E-state index in [0.717, 1.165) is 29.8 Å². The van der Waals surface area contributed by atoms with Gasteiger partial charge in [0.05, 0.1) is 5.02 Å². The highest BCUT2D eigenvalue weighted by atomic mass is 35.5. The van der Waals surface area contributed by atoms with Crippen LogP contribution in [-0.4, -0.2) is 6.54 Å². The lowest BCUT2D eigenvalue weighted by Gasteiger charge is -2.09. The summed E-state index contributed by atoms with van der Waals surface area (Å²) in [5.74, 6) is -0.344. The van der Waals surface area contributed by atoms with Gasteiger partial charge in [-0.25, -0.2) is 4.39 Å². The zero-order valence-electron chi connectivity index (χ0n) is 10.5. The van der Waals surface area contributed by atoms with Gasteiger partial charge in [-0.05, 0) is 41.9 Å². The van der Waals surface area contributed by atoms with Crippen LogP contribution in [0.15, 0.2) is 36.4 Å². The van der Waals surface area contributed by atoms with Gasteiger partial charge in [0, 0.05) is 17.1 Å². The van der Waals surface area contributed by atoms with Crippen LogP contribution < -0.4 is 5.32 Å². The Labute approximate surface area is 122 Å². The zero-order chi connectivity index (χ0) is 13.8. The predicted octanol–water partition coefficient (Wildman–Crippen LogP) is 4.91. The number of nitrogens with one attached hydrogen (secondary N) is 1. The molecule has 0 aliphatic heterocycles. The van der Waals surface area contributed by atoms with Crippen molar-refractivity contribution in [2.45, 2.75) is 13.5 Å². The Morgan fingerprint density at radius 3 is 2.47 bits per heavy atom. The fourth-order valence-electron chi connectivity index (χ4n) is 1.84. The van der Waals surface area contributed by atoms with Gasteiger partial charge < -0.3 is 5.32 Å². The van der Waals surface area contributed by atoms with Crippen LogP contribution in [0.1, 0.15) is 12.5 Å². The number of benzene rings is 2. The first-order chi connectivity index (χ1) is 9.11. The summed E-state index contributed by atoms with van der Waals surface area (Å²) in [6.07, 6.45) is 0. The van der Waals surface area contributed by atoms with Gasteiger partial charge in [-0.3, -0.25) is 0 Å². The predicted molar refractivity (Wildman–Crippen MR) is 79.2 cm³/mol. The molecule has 0 spiro atoms. The second-order valence-electron chi connectivity index (χ2n) is 4.21. The highest BCUT2D eigenvalue weighted by Gasteiger charge is 2.07. The fraction of sp³-hybridized carbons (Fsp3) is 0.200. The maximum atomic E-state index is 13.0. The summed E-state index contributed by atoms with van der Waals surface area (Å²) in [5.41, 5.74) is 2.70. The molecule has 2 rings (SSSR count). The van der Waals surface area contributed by atoms with E-state index in [2.05, 4.69) is 5.32 Å². The number of hydrogen-bond acceptors (Lipinski definition) is 1. The third-order valence-electron chi connectivity index (χ3n) is 2.86. The maximum absolute atomic E-state index is 13.0. The quantitative estimate of drug-likeness (QED) is 0.845. The second-order valence-corrected chi connectivity index (χ2v) is 5.03. The first kappa shape index (κ1) is 14.3. The van der Waals surface area contributed by atoms with Crippen molar-refractivity contribution in [2.75, 3.05) is 6.54 Å². The van der Waals surface area contributed by atoms with E-state index in [-0.39, 0.29) is 5.82 Å². The van der Waals surface area contributed by atoms with Crippen LogP contribution in [-0.2, 0) is 6.54 Å². The minimum atomic E-state index is -0.344. The lowest BCUT2D eigenvalue weighted by Crippen LogP contribution is -2.11. The Hall–Kier alpha value is -1.09. The van der Waals surface area contributed by atoms with Gasteiger partial charge in [0.25, 0.3) is 0 Å². The second kappa shape index (κ2) is 6.38. The first-order valence-electron chi connectivity index (χ1n) is 6.06. The van der Waals surface area contributed by atoms with Crippen molar-refractivity contribution in [3.8, 4) is 11.1 Å². The Bertz CT molecular complexity index is 584. The van der Waals surface area contributed by atoms with Crippen LogP contribution >= 0.6 is 23.2 Å². The lowest BCUT2D eigenvalue weighted by atomic mass is 10.0. The molecule has 0 unspecified atom stereocenters. The van der Waals surface area contributed by atoms with E-state index in [1.54, 1.807) is 6.07 Å². The average Bonchev–Trinajstić information content (AvgIpc) is 2.37. The topological polar surface area (TPSA) is 12.0 Å². The van der Waals surface area contributed by atoms with Crippen LogP contribution in [0, 0.1) is 5.82 Å². The molecule has 1 nitrogen and oxygen atoms in total. The van der Waals surface area contributed by atoms with E-state index < -0.39 is 0 Å². The van der Waals surface area contributed by atoms with Gasteiger partial charge in [0.2, 0.25) is 0 Å². The minimum absolute atomic E-state index is 0.344. The molecule has 1 N–H and O–H groups in total. The van der Waals surface area contributed by atoms with Crippen molar-refractivity contribution in [3.05, 3.63) is 57.8 Å². The molecule has 0 atom stereocenters. The molecular weight excluding hydrogens is 284 g/mol. The molecule has 0 radical (unpaired) electrons. The van der Waals surface area contributed by atoms with E-state index in [1.165, 1.54) is 12.1 Å². The third-order valence-corrected chi connectivity index (χ3v) is 3.53. The van der Waals surface area contributed by atoms with Gasteiger partial charge in [0.1, 0.15) is 5.82 Å². The third kappa shape index (κ3) is 3.47. The number of rotatable bonds is 4. The molecule has 0 aliphatic rings. The highest BCUT2D eigenvalue weighted by Crippen LogP contribution is 2.31. The average molecular weight is 298 g/mol. The van der Waals surface area contributed by atoms with Crippen LogP contribution in [0.2, 0.25) is 10.0 Å². The summed E-state index contributed by atoms with van der Waals surface area (Å²) in [5, 5.41) is 4.29. The van der Waals surface area contributed by atoms with E-state index in [4.69, 9.17) is 23.2 Å². The molecule has 0 aromatic heterocycles. The lowest BCUT2D eigenvalue weighted by molar-refractivity contribution is 0.628. The highest BCUT2D eigenvalue weighted by molar-refractivity contribution is 6.34. The van der Waals surface area contributed by atoms with Crippen LogP contribution in [0.5, 0.6) is 0 Å². The molecule has 0 saturated carbocycles. The summed E-state index contributed by atoms with van der Waals surface area (Å²) in [4.78, 5) is 0. The van der Waals surface area contributed by atoms with E-state index in [9.17, 15) is 4.39 Å². The SMILES string of the molecule is CCNCc1ccc(-c2ccc(F)cc2Cl)cc1Cl. The molecule has 0 saturated heterocycles. The summed E-state index contributed by atoms with van der Waals surface area (Å²) in [6.45, 7) is 3.66. The van der Waals surface area contributed by atoms with Crippen molar-refractivity contribution in [3.63, 3.8) is 0 Å². The molecule has 0 bridgehead atoms. The maximum Gasteiger partial charge on any atom is 0.124 e. The molecule has 2 aromatic rings. The summed E-state index contributed by atoms with van der Waals surface area (Å²) in [6, 6.07) is 10.1. The van der Waals surface area contributed by atoms with Gasteiger partial charge in [0.15, 0.2) is 0 Å². The number of halogens is 3. The van der Waals surface area contributed by atoms with Crippen LogP contribution in [0.3, 0.4) is 0 Å². The van der Waals surface area contributed by atoms with E-state index >= 15 is 0 Å². The Balaban J connectivity index is 2.33. The van der Waals surface area contributed by atoms with Crippen molar-refractivity contribution in [1.82, 2.24) is 5.32 Å². The minimum Gasteiger partial charge on any atom is -0.313 e. The van der Waals surface area contributed by atoms with Crippen molar-refractivity contribution in [2.24, 2.45) is 0 Å². The normalized spacial score (nSPS) is 10.7. The monoisotopic (exact) mass is 297 g/mol. The summed E-state index contributed by atoms with van der Waals surface area (Å²) in [7, 11) is 0. The smallest absolute Gasteiger partial charge is 0.124 e. The van der Waals surface area contributed by atoms with Crippen molar-refractivity contribution < 1.29 is 4.39 Å². The first-order valence-corrected chi connectivity index (χ1v) is 6.82. The molecule has 100 valence electrons. The molecular formula is C15H14Cl2FN. The van der Waals surface area contributed by atoms with Gasteiger partial charge in [-0.2, -0.15) is 0 Å². The summed E-state index contributed by atoms with van der Waals surface area (Å²) < 4.78 is 13.0. The van der Waals surface area contributed by atoms with E-state index in [0.29, 0.717) is 10.0 Å². The molecule has 0 aliphatic carbocycles. The van der Waals surface area contributed by atoms with Gasteiger partial charge >= 0.3 is 0 Å². The van der Waals surface area contributed by atoms with Crippen LogP contribution in [0.25, 0.3) is 11.1 Å². The van der Waals surface area contributed by atoms with Crippen molar-refractivity contribution >= 4 is 23.2 Å². The van der Waals surface area contributed by atoms with Gasteiger partial charge in [-0.15, -0.1) is 0 Å². The summed E-state index contributed by atoms with van der Waals surface area (Å²) >= 11 is 12.3. The fourth-order valence-corrected chi connectivity index (χ4v) is 2.37. The molecule has 19 heavy (non-hydrogen) atoms. The number of hydrogen-bond donors (Lipinski definition) is 1. The largest absolute Gasteiger partial charge is 0.313 e. The Kier molecular flexibility index (Phi) is 4.81. The molecule has 2 aromatic carbocycles. The van der Waals surface area contributed by atoms with Crippen molar-refractivity contribution in [1.29, 1.82) is 0 Å². The molecule has 0 amide bonds. The molecule has 4 heteroatoms.